The van der Waals surface area contributed by atoms with Gasteiger partial charge in [0.25, 0.3) is 0 Å². The van der Waals surface area contributed by atoms with Crippen molar-refractivity contribution in [1.82, 2.24) is 4.90 Å². The van der Waals surface area contributed by atoms with Crippen molar-refractivity contribution in [2.75, 3.05) is 24.5 Å². The minimum atomic E-state index is 0.714. The maximum atomic E-state index is 2.68. The van der Waals surface area contributed by atoms with Gasteiger partial charge in [0.2, 0.25) is 0 Å². The standard InChI is InChI=1S/C26H36N2/c1-4-28(25-9-6-5-7-10-25)26-18-24(17-20(2)21(26)3)23-13-11-22(12-14-23)19-27-15-8-16-27/h11-14,17-18,25H,4-10,15-16,19H2,1-3H3. The normalized spacial score (nSPS) is 18.1. The Hall–Kier alpha value is -1.80. The smallest absolute Gasteiger partial charge is 0.0407 e. The number of benzene rings is 2. The molecule has 2 aliphatic rings. The molecule has 1 heterocycles. The van der Waals surface area contributed by atoms with Crippen LogP contribution in [-0.2, 0) is 6.54 Å². The summed E-state index contributed by atoms with van der Waals surface area (Å²) in [6.45, 7) is 11.6. The zero-order valence-electron chi connectivity index (χ0n) is 18.0. The van der Waals surface area contributed by atoms with E-state index in [1.165, 1.54) is 85.1 Å². The second-order valence-electron chi connectivity index (χ2n) is 8.84. The van der Waals surface area contributed by atoms with Gasteiger partial charge in [0.05, 0.1) is 0 Å². The van der Waals surface area contributed by atoms with E-state index in [1.807, 2.05) is 0 Å². The van der Waals surface area contributed by atoms with Crippen LogP contribution >= 0.6 is 0 Å². The summed E-state index contributed by atoms with van der Waals surface area (Å²) in [5.41, 5.74) is 8.45. The van der Waals surface area contributed by atoms with Crippen molar-refractivity contribution in [1.29, 1.82) is 0 Å². The molecule has 0 bridgehead atoms. The summed E-state index contributed by atoms with van der Waals surface area (Å²) in [5, 5.41) is 0. The largest absolute Gasteiger partial charge is 0.369 e. The van der Waals surface area contributed by atoms with Crippen LogP contribution in [0.2, 0.25) is 0 Å². The predicted molar refractivity (Wildman–Crippen MR) is 121 cm³/mol. The minimum Gasteiger partial charge on any atom is -0.369 e. The first-order valence-electron chi connectivity index (χ1n) is 11.3. The Morgan fingerprint density at radius 2 is 1.61 bits per heavy atom. The van der Waals surface area contributed by atoms with E-state index in [9.17, 15) is 0 Å². The number of anilines is 1. The van der Waals surface area contributed by atoms with E-state index in [0.29, 0.717) is 6.04 Å². The first kappa shape index (κ1) is 19.5. The zero-order valence-corrected chi connectivity index (χ0v) is 18.0. The number of aryl methyl sites for hydroxylation is 1. The molecule has 150 valence electrons. The first-order valence-corrected chi connectivity index (χ1v) is 11.3. The van der Waals surface area contributed by atoms with E-state index in [2.05, 4.69) is 67.0 Å². The van der Waals surface area contributed by atoms with Crippen LogP contribution in [0.5, 0.6) is 0 Å². The molecule has 0 aromatic heterocycles. The third-order valence-electron chi connectivity index (χ3n) is 6.95. The third-order valence-corrected chi connectivity index (χ3v) is 6.95. The van der Waals surface area contributed by atoms with Gasteiger partial charge in [0, 0.05) is 24.8 Å². The van der Waals surface area contributed by atoms with Crippen LogP contribution in [0, 0.1) is 13.8 Å². The van der Waals surface area contributed by atoms with E-state index in [0.717, 1.165) is 13.1 Å². The van der Waals surface area contributed by atoms with Crippen molar-refractivity contribution in [3.05, 3.63) is 53.1 Å². The molecule has 0 unspecified atom stereocenters. The van der Waals surface area contributed by atoms with Crippen LogP contribution in [0.25, 0.3) is 11.1 Å². The molecule has 1 aliphatic carbocycles. The summed E-state index contributed by atoms with van der Waals surface area (Å²) in [7, 11) is 0. The number of hydrogen-bond donors (Lipinski definition) is 0. The molecular weight excluding hydrogens is 340 g/mol. The van der Waals surface area contributed by atoms with Gasteiger partial charge < -0.3 is 4.90 Å². The molecule has 0 radical (unpaired) electrons. The average molecular weight is 377 g/mol. The van der Waals surface area contributed by atoms with Gasteiger partial charge in [-0.1, -0.05) is 49.6 Å². The molecule has 0 atom stereocenters. The highest BCUT2D eigenvalue weighted by Gasteiger charge is 2.22. The molecule has 1 aliphatic heterocycles. The lowest BCUT2D eigenvalue weighted by atomic mass is 9.92. The van der Waals surface area contributed by atoms with Crippen molar-refractivity contribution in [3.8, 4) is 11.1 Å². The molecule has 2 aromatic rings. The fourth-order valence-electron chi connectivity index (χ4n) is 4.92. The highest BCUT2D eigenvalue weighted by molar-refractivity contribution is 5.72. The van der Waals surface area contributed by atoms with Crippen LogP contribution < -0.4 is 4.90 Å². The lowest BCUT2D eigenvalue weighted by Crippen LogP contribution is -2.37. The van der Waals surface area contributed by atoms with Gasteiger partial charge in [0.1, 0.15) is 0 Å². The van der Waals surface area contributed by atoms with Crippen molar-refractivity contribution in [2.24, 2.45) is 0 Å². The van der Waals surface area contributed by atoms with Gasteiger partial charge >= 0.3 is 0 Å². The molecule has 1 saturated heterocycles. The van der Waals surface area contributed by atoms with Crippen molar-refractivity contribution < 1.29 is 0 Å². The predicted octanol–water partition coefficient (Wildman–Crippen LogP) is 6.34. The van der Waals surface area contributed by atoms with E-state index in [-0.39, 0.29) is 0 Å². The number of rotatable bonds is 6. The molecule has 2 nitrogen and oxygen atoms in total. The zero-order chi connectivity index (χ0) is 19.5. The Morgan fingerprint density at radius 3 is 2.21 bits per heavy atom. The lowest BCUT2D eigenvalue weighted by molar-refractivity contribution is 0.172. The fourth-order valence-corrected chi connectivity index (χ4v) is 4.92. The molecule has 28 heavy (non-hydrogen) atoms. The molecule has 4 rings (SSSR count). The summed E-state index contributed by atoms with van der Waals surface area (Å²) in [5.74, 6) is 0. The topological polar surface area (TPSA) is 6.48 Å². The third kappa shape index (κ3) is 4.12. The highest BCUT2D eigenvalue weighted by atomic mass is 15.2. The monoisotopic (exact) mass is 376 g/mol. The Bertz CT molecular complexity index is 783. The summed E-state index contributed by atoms with van der Waals surface area (Å²) < 4.78 is 0. The van der Waals surface area contributed by atoms with Crippen LogP contribution in [0.1, 0.15) is 62.1 Å². The van der Waals surface area contributed by atoms with E-state index in [4.69, 9.17) is 0 Å². The maximum absolute atomic E-state index is 2.68. The Kier molecular flexibility index (Phi) is 6.06. The highest BCUT2D eigenvalue weighted by Crippen LogP contribution is 2.34. The van der Waals surface area contributed by atoms with Crippen molar-refractivity contribution in [2.45, 2.75) is 71.9 Å². The molecule has 2 aromatic carbocycles. The van der Waals surface area contributed by atoms with E-state index >= 15 is 0 Å². The SMILES string of the molecule is CCN(c1cc(-c2ccc(CN3CCC3)cc2)cc(C)c1C)C1CCCCC1. The molecule has 2 fully saturated rings. The maximum Gasteiger partial charge on any atom is 0.0407 e. The van der Waals surface area contributed by atoms with Gasteiger partial charge in [-0.2, -0.15) is 0 Å². The average Bonchev–Trinajstić information content (AvgIpc) is 2.70. The van der Waals surface area contributed by atoms with Crippen LogP contribution in [0.15, 0.2) is 36.4 Å². The Labute approximate surface area is 171 Å². The summed E-state index contributed by atoms with van der Waals surface area (Å²) in [4.78, 5) is 5.20. The van der Waals surface area contributed by atoms with Gasteiger partial charge in [-0.15, -0.1) is 0 Å². The Morgan fingerprint density at radius 1 is 0.893 bits per heavy atom. The van der Waals surface area contributed by atoms with Gasteiger partial charge in [-0.3, -0.25) is 4.90 Å². The lowest BCUT2D eigenvalue weighted by Gasteiger charge is -2.37. The second-order valence-corrected chi connectivity index (χ2v) is 8.84. The Balaban J connectivity index is 1.60. The molecule has 0 spiro atoms. The first-order chi connectivity index (χ1) is 13.7. The van der Waals surface area contributed by atoms with Gasteiger partial charge in [0.15, 0.2) is 0 Å². The van der Waals surface area contributed by atoms with Crippen LogP contribution in [0.4, 0.5) is 5.69 Å². The molecule has 0 amide bonds. The molecule has 2 heteroatoms. The van der Waals surface area contributed by atoms with Gasteiger partial charge in [-0.05, 0) is 87.0 Å². The second kappa shape index (κ2) is 8.69. The van der Waals surface area contributed by atoms with Crippen molar-refractivity contribution >= 4 is 5.69 Å². The minimum absolute atomic E-state index is 0.714. The van der Waals surface area contributed by atoms with Crippen LogP contribution in [0.3, 0.4) is 0 Å². The van der Waals surface area contributed by atoms with Crippen molar-refractivity contribution in [3.63, 3.8) is 0 Å². The van der Waals surface area contributed by atoms with Crippen LogP contribution in [-0.4, -0.2) is 30.6 Å². The molecular formula is C26H36N2. The molecule has 1 saturated carbocycles. The molecule has 0 N–H and O–H groups in total. The van der Waals surface area contributed by atoms with E-state index < -0.39 is 0 Å². The fraction of sp³-hybridized carbons (Fsp3) is 0.538. The summed E-state index contributed by atoms with van der Waals surface area (Å²) in [6, 6.07) is 14.8. The quantitative estimate of drug-likeness (QED) is 0.581. The summed E-state index contributed by atoms with van der Waals surface area (Å²) in [6.07, 6.45) is 8.24. The number of hydrogen-bond acceptors (Lipinski definition) is 2. The number of likely N-dealkylation sites (tertiary alicyclic amines) is 1. The summed E-state index contributed by atoms with van der Waals surface area (Å²) >= 11 is 0. The number of nitrogens with zero attached hydrogens (tertiary/aromatic N) is 2. The van der Waals surface area contributed by atoms with Gasteiger partial charge in [-0.25, -0.2) is 0 Å². The van der Waals surface area contributed by atoms with E-state index in [1.54, 1.807) is 0 Å².